The van der Waals surface area contributed by atoms with Gasteiger partial charge >= 0.3 is 0 Å². The predicted octanol–water partition coefficient (Wildman–Crippen LogP) is 4.00. The number of fused-ring (bicyclic) bond motifs is 1. The van der Waals surface area contributed by atoms with E-state index in [0.29, 0.717) is 16.5 Å². The van der Waals surface area contributed by atoms with E-state index < -0.39 is 0 Å². The Bertz CT molecular complexity index is 1080. The molecule has 3 aromatic heterocycles. The molecule has 0 aliphatic carbocycles. The van der Waals surface area contributed by atoms with Crippen LogP contribution in [0.5, 0.6) is 0 Å². The van der Waals surface area contributed by atoms with Crippen molar-refractivity contribution < 1.29 is 4.79 Å². The van der Waals surface area contributed by atoms with Crippen LogP contribution < -0.4 is 5.32 Å². The number of hydrogen-bond donors (Lipinski definition) is 1. The topological polar surface area (TPSA) is 72.7 Å². The Morgan fingerprint density at radius 2 is 2.15 bits per heavy atom. The van der Waals surface area contributed by atoms with Crippen molar-refractivity contribution in [2.75, 3.05) is 5.32 Å². The van der Waals surface area contributed by atoms with Gasteiger partial charge in [0.15, 0.2) is 10.9 Å². The fourth-order valence-corrected chi connectivity index (χ4v) is 3.67. The summed E-state index contributed by atoms with van der Waals surface area (Å²) in [7, 11) is 0. The lowest BCUT2D eigenvalue weighted by Crippen LogP contribution is -2.13. The van der Waals surface area contributed by atoms with Gasteiger partial charge < -0.3 is 0 Å². The number of thiazole rings is 1. The van der Waals surface area contributed by atoms with Crippen LogP contribution in [0.1, 0.15) is 28.5 Å². The lowest BCUT2D eigenvalue weighted by Gasteiger charge is -2.04. The van der Waals surface area contributed by atoms with Crippen LogP contribution in [-0.4, -0.2) is 25.7 Å². The molecule has 0 unspecified atom stereocenters. The van der Waals surface area contributed by atoms with Crippen LogP contribution in [-0.2, 0) is 6.42 Å². The van der Waals surface area contributed by atoms with Gasteiger partial charge in [-0.05, 0) is 43.2 Å². The molecule has 4 rings (SSSR count). The average Bonchev–Trinajstić information content (AvgIpc) is 3.24. The number of carbonyl (C=O) groups is 1. The van der Waals surface area contributed by atoms with E-state index in [1.165, 1.54) is 16.9 Å². The first-order chi connectivity index (χ1) is 12.7. The molecule has 7 heteroatoms. The number of pyridine rings is 1. The van der Waals surface area contributed by atoms with Crippen molar-refractivity contribution >= 4 is 32.6 Å². The molecule has 130 valence electrons. The monoisotopic (exact) mass is 363 g/mol. The van der Waals surface area contributed by atoms with Crippen LogP contribution in [0.15, 0.2) is 48.8 Å². The van der Waals surface area contributed by atoms with Gasteiger partial charge in [-0.2, -0.15) is 5.10 Å². The highest BCUT2D eigenvalue weighted by Gasteiger charge is 2.17. The van der Waals surface area contributed by atoms with E-state index >= 15 is 0 Å². The number of carbonyl (C=O) groups excluding carboxylic acids is 1. The molecule has 1 N–H and O–H groups in total. The maximum Gasteiger partial charge on any atom is 0.260 e. The van der Waals surface area contributed by atoms with Crippen LogP contribution in [0.25, 0.3) is 16.0 Å². The molecule has 0 atom stereocenters. The summed E-state index contributed by atoms with van der Waals surface area (Å²) in [5.74, 6) is 0.454. The van der Waals surface area contributed by atoms with E-state index in [1.807, 2.05) is 31.2 Å². The predicted molar refractivity (Wildman–Crippen MR) is 103 cm³/mol. The molecule has 0 spiro atoms. The summed E-state index contributed by atoms with van der Waals surface area (Å²) in [6.45, 7) is 3.97. The van der Waals surface area contributed by atoms with Gasteiger partial charge in [-0.15, -0.1) is 0 Å². The molecule has 0 aliphatic heterocycles. The number of hydrogen-bond acceptors (Lipinski definition) is 5. The molecular formula is C19H17N5OS. The highest BCUT2D eigenvalue weighted by atomic mass is 32.1. The third-order valence-electron chi connectivity index (χ3n) is 4.20. The molecule has 0 aliphatic rings. The van der Waals surface area contributed by atoms with E-state index in [2.05, 4.69) is 39.4 Å². The van der Waals surface area contributed by atoms with Crippen molar-refractivity contribution in [2.45, 2.75) is 20.3 Å². The molecule has 6 nitrogen and oxygen atoms in total. The second kappa shape index (κ2) is 6.68. The maximum atomic E-state index is 12.7. The minimum absolute atomic E-state index is 0.223. The molecule has 4 aromatic rings. The number of rotatable bonds is 4. The minimum Gasteiger partial charge on any atom is -0.298 e. The lowest BCUT2D eigenvalue weighted by molar-refractivity contribution is 0.102. The smallest absolute Gasteiger partial charge is 0.260 e. The van der Waals surface area contributed by atoms with Crippen LogP contribution >= 0.6 is 11.3 Å². The molecule has 26 heavy (non-hydrogen) atoms. The Hall–Kier alpha value is -3.06. The van der Waals surface area contributed by atoms with Crippen molar-refractivity contribution in [1.82, 2.24) is 19.7 Å². The number of aromatic nitrogens is 4. The van der Waals surface area contributed by atoms with Gasteiger partial charge in [0, 0.05) is 6.20 Å². The zero-order chi connectivity index (χ0) is 18.1. The second-order valence-electron chi connectivity index (χ2n) is 5.87. The highest BCUT2D eigenvalue weighted by Crippen LogP contribution is 2.27. The Kier molecular flexibility index (Phi) is 4.22. The average molecular weight is 363 g/mol. The fraction of sp³-hybridized carbons (Fsp3) is 0.158. The maximum absolute atomic E-state index is 12.7. The first-order valence-corrected chi connectivity index (χ1v) is 9.14. The molecule has 3 heterocycles. The van der Waals surface area contributed by atoms with Crippen molar-refractivity contribution in [3.05, 3.63) is 65.6 Å². The second-order valence-corrected chi connectivity index (χ2v) is 6.90. The molecule has 0 fully saturated rings. The zero-order valence-electron chi connectivity index (χ0n) is 14.4. The Morgan fingerprint density at radius 3 is 2.92 bits per heavy atom. The van der Waals surface area contributed by atoms with Gasteiger partial charge in [0.25, 0.3) is 5.91 Å². The summed E-state index contributed by atoms with van der Waals surface area (Å²) < 4.78 is 2.72. The molecular weight excluding hydrogens is 346 g/mol. The number of benzene rings is 1. The van der Waals surface area contributed by atoms with Gasteiger partial charge in [0.05, 0.1) is 27.7 Å². The Labute approximate surface area is 154 Å². The molecule has 1 amide bonds. The summed E-state index contributed by atoms with van der Waals surface area (Å²) >= 11 is 1.48. The van der Waals surface area contributed by atoms with E-state index in [4.69, 9.17) is 0 Å². The van der Waals surface area contributed by atoms with Gasteiger partial charge in [-0.25, -0.2) is 14.6 Å². The van der Waals surface area contributed by atoms with Gasteiger partial charge in [0.1, 0.15) is 0 Å². The van der Waals surface area contributed by atoms with E-state index in [0.717, 1.165) is 22.3 Å². The van der Waals surface area contributed by atoms with Gasteiger partial charge in [0.2, 0.25) is 0 Å². The van der Waals surface area contributed by atoms with Crippen molar-refractivity contribution in [2.24, 2.45) is 0 Å². The largest absolute Gasteiger partial charge is 0.298 e. The molecule has 1 aromatic carbocycles. The number of anilines is 1. The fourth-order valence-electron chi connectivity index (χ4n) is 2.75. The molecule has 0 radical (unpaired) electrons. The molecule has 0 bridgehead atoms. The quantitative estimate of drug-likeness (QED) is 0.595. The summed E-state index contributed by atoms with van der Waals surface area (Å²) in [5, 5.41) is 7.76. The number of nitrogens with zero attached hydrogens (tertiary/aromatic N) is 4. The summed E-state index contributed by atoms with van der Waals surface area (Å²) in [5.41, 5.74) is 3.38. The van der Waals surface area contributed by atoms with E-state index in [9.17, 15) is 4.79 Å². The third-order valence-corrected chi connectivity index (χ3v) is 5.14. The van der Waals surface area contributed by atoms with Crippen LogP contribution in [0.3, 0.4) is 0 Å². The minimum atomic E-state index is -0.223. The third kappa shape index (κ3) is 2.97. The van der Waals surface area contributed by atoms with Gasteiger partial charge in [-0.3, -0.25) is 10.1 Å². The molecule has 0 saturated heterocycles. The SMILES string of the molecule is CCc1ccc2nc(NC(=O)c3cnn(-c4ccccn4)c3C)sc2c1. The first kappa shape index (κ1) is 16.4. The van der Waals surface area contributed by atoms with Crippen LogP contribution in [0, 0.1) is 6.92 Å². The standard InChI is InChI=1S/C19H17N5OS/c1-3-13-7-8-15-16(10-13)26-19(22-15)23-18(25)14-11-21-24(12(14)2)17-6-4-5-9-20-17/h4-11H,3H2,1-2H3,(H,22,23,25). The summed E-state index contributed by atoms with van der Waals surface area (Å²) in [6, 6.07) is 11.7. The lowest BCUT2D eigenvalue weighted by atomic mass is 10.2. The van der Waals surface area contributed by atoms with Crippen LogP contribution in [0.2, 0.25) is 0 Å². The number of amides is 1. The summed E-state index contributed by atoms with van der Waals surface area (Å²) in [6.07, 6.45) is 4.23. The Morgan fingerprint density at radius 1 is 1.27 bits per heavy atom. The van der Waals surface area contributed by atoms with Crippen LogP contribution in [0.4, 0.5) is 5.13 Å². The first-order valence-electron chi connectivity index (χ1n) is 8.32. The van der Waals surface area contributed by atoms with Crippen molar-refractivity contribution in [1.29, 1.82) is 0 Å². The number of aryl methyl sites for hydroxylation is 1. The number of nitrogens with one attached hydrogen (secondary N) is 1. The normalized spacial score (nSPS) is 11.0. The Balaban J connectivity index is 1.60. The summed E-state index contributed by atoms with van der Waals surface area (Å²) in [4.78, 5) is 21.4. The highest BCUT2D eigenvalue weighted by molar-refractivity contribution is 7.22. The van der Waals surface area contributed by atoms with Gasteiger partial charge in [-0.1, -0.05) is 30.4 Å². The van der Waals surface area contributed by atoms with Crippen molar-refractivity contribution in [3.8, 4) is 5.82 Å². The van der Waals surface area contributed by atoms with E-state index in [-0.39, 0.29) is 5.91 Å². The van der Waals surface area contributed by atoms with E-state index in [1.54, 1.807) is 17.1 Å². The zero-order valence-corrected chi connectivity index (χ0v) is 15.2. The molecule has 0 saturated carbocycles. The van der Waals surface area contributed by atoms with Crippen molar-refractivity contribution in [3.63, 3.8) is 0 Å².